The number of carbonyl (C=O) groups excluding carboxylic acids is 2. The highest BCUT2D eigenvalue weighted by Crippen LogP contribution is 2.29. The van der Waals surface area contributed by atoms with Crippen molar-refractivity contribution in [2.24, 2.45) is 11.3 Å². The zero-order valence-electron chi connectivity index (χ0n) is 12.1. The highest BCUT2D eigenvalue weighted by Gasteiger charge is 2.31. The number of carbonyl (C=O) groups is 2. The van der Waals surface area contributed by atoms with Crippen LogP contribution in [0.15, 0.2) is 23.3 Å². The normalized spacial score (nSPS) is 20.3. The van der Waals surface area contributed by atoms with Gasteiger partial charge < -0.3 is 5.32 Å². The average molecular weight is 249 g/mol. The molecule has 18 heavy (non-hydrogen) atoms. The number of nitrogens with one attached hydrogen (secondary N) is 1. The molecule has 100 valence electrons. The summed E-state index contributed by atoms with van der Waals surface area (Å²) < 4.78 is 0. The summed E-state index contributed by atoms with van der Waals surface area (Å²) >= 11 is 0. The Bertz CT molecular complexity index is 428. The molecule has 0 saturated heterocycles. The number of allylic oxidation sites excluding steroid dienone is 2. The lowest BCUT2D eigenvalue weighted by Crippen LogP contribution is -2.38. The molecule has 0 aromatic heterocycles. The van der Waals surface area contributed by atoms with Gasteiger partial charge in [-0.2, -0.15) is 0 Å². The third-order valence-corrected chi connectivity index (χ3v) is 3.45. The van der Waals surface area contributed by atoms with Crippen LogP contribution in [0.2, 0.25) is 0 Å². The Hall–Kier alpha value is -1.38. The lowest BCUT2D eigenvalue weighted by atomic mass is 9.78. The topological polar surface area (TPSA) is 46.2 Å². The van der Waals surface area contributed by atoms with Crippen LogP contribution in [0.5, 0.6) is 0 Å². The fourth-order valence-corrected chi connectivity index (χ4v) is 1.89. The Balaban J connectivity index is 2.91. The van der Waals surface area contributed by atoms with E-state index >= 15 is 0 Å². The fraction of sp³-hybridized carbons (Fsp3) is 0.600. The van der Waals surface area contributed by atoms with Crippen molar-refractivity contribution in [1.29, 1.82) is 0 Å². The van der Waals surface area contributed by atoms with E-state index in [0.29, 0.717) is 17.1 Å². The molecule has 0 aromatic rings. The molecule has 1 amide bonds. The highest BCUT2D eigenvalue weighted by molar-refractivity contribution is 6.07. The van der Waals surface area contributed by atoms with Crippen molar-refractivity contribution < 1.29 is 9.59 Å². The second-order valence-corrected chi connectivity index (χ2v) is 5.98. The first-order chi connectivity index (χ1) is 8.15. The first-order valence-corrected chi connectivity index (χ1v) is 6.42. The number of hydrogen-bond acceptors (Lipinski definition) is 2. The van der Waals surface area contributed by atoms with Crippen molar-refractivity contribution >= 4 is 11.7 Å². The van der Waals surface area contributed by atoms with E-state index in [1.165, 1.54) is 0 Å². The second-order valence-electron chi connectivity index (χ2n) is 5.98. The Labute approximate surface area is 109 Å². The smallest absolute Gasteiger partial charge is 0.251 e. The van der Waals surface area contributed by atoms with Crippen LogP contribution < -0.4 is 5.32 Å². The number of hydrogen-bond donors (Lipinski definition) is 1. The minimum Gasteiger partial charge on any atom is -0.349 e. The van der Waals surface area contributed by atoms with Gasteiger partial charge in [-0.15, -0.1) is 0 Å². The predicted octanol–water partition coefficient (Wildman–Crippen LogP) is 2.63. The standard InChI is InChI=1S/C15H23NO2/c1-9(2)11(4)16-14(18)12-7-10(3)13(17)15(5,6)8-12/h7-9,11H,1-6H3,(H,16,18)/t11-/m0/s1. The lowest BCUT2D eigenvalue weighted by Gasteiger charge is -2.26. The van der Waals surface area contributed by atoms with Gasteiger partial charge in [0.15, 0.2) is 5.78 Å². The molecule has 0 saturated carbocycles. The summed E-state index contributed by atoms with van der Waals surface area (Å²) in [6, 6.07) is 0.118. The van der Waals surface area contributed by atoms with Crippen LogP contribution in [-0.2, 0) is 9.59 Å². The van der Waals surface area contributed by atoms with Gasteiger partial charge >= 0.3 is 0 Å². The molecule has 0 heterocycles. The van der Waals surface area contributed by atoms with Crippen molar-refractivity contribution in [3.05, 3.63) is 23.3 Å². The Kier molecular flexibility index (Phi) is 4.15. The van der Waals surface area contributed by atoms with E-state index in [0.717, 1.165) is 0 Å². The Morgan fingerprint density at radius 3 is 2.28 bits per heavy atom. The molecule has 0 spiro atoms. The summed E-state index contributed by atoms with van der Waals surface area (Å²) in [5.74, 6) is 0.366. The molecule has 1 atom stereocenters. The molecule has 3 heteroatoms. The van der Waals surface area contributed by atoms with E-state index in [-0.39, 0.29) is 17.7 Å². The minimum absolute atomic E-state index is 0.0796. The van der Waals surface area contributed by atoms with Crippen LogP contribution in [0.3, 0.4) is 0 Å². The van der Waals surface area contributed by atoms with Crippen molar-refractivity contribution in [2.75, 3.05) is 0 Å². The molecular weight excluding hydrogens is 226 g/mol. The third kappa shape index (κ3) is 3.09. The highest BCUT2D eigenvalue weighted by atomic mass is 16.2. The first-order valence-electron chi connectivity index (χ1n) is 6.42. The van der Waals surface area contributed by atoms with Crippen LogP contribution in [0.1, 0.15) is 41.5 Å². The van der Waals surface area contributed by atoms with Gasteiger partial charge in [0.25, 0.3) is 5.91 Å². The molecular formula is C15H23NO2. The van der Waals surface area contributed by atoms with Crippen LogP contribution in [0.4, 0.5) is 0 Å². The molecule has 0 aromatic carbocycles. The third-order valence-electron chi connectivity index (χ3n) is 3.45. The Morgan fingerprint density at radius 1 is 1.28 bits per heavy atom. The maximum Gasteiger partial charge on any atom is 0.251 e. The molecule has 1 aliphatic rings. The largest absolute Gasteiger partial charge is 0.349 e. The predicted molar refractivity (Wildman–Crippen MR) is 73.1 cm³/mol. The van der Waals surface area contributed by atoms with Crippen LogP contribution in [0.25, 0.3) is 0 Å². The summed E-state index contributed by atoms with van der Waals surface area (Å²) in [5.41, 5.74) is 0.640. The minimum atomic E-state index is -0.591. The summed E-state index contributed by atoms with van der Waals surface area (Å²) in [5, 5.41) is 2.96. The van der Waals surface area contributed by atoms with E-state index in [9.17, 15) is 9.59 Å². The molecule has 0 fully saturated rings. The van der Waals surface area contributed by atoms with Crippen LogP contribution >= 0.6 is 0 Å². The molecule has 0 bridgehead atoms. The summed E-state index contributed by atoms with van der Waals surface area (Å²) in [6.45, 7) is 11.6. The van der Waals surface area contributed by atoms with Crippen molar-refractivity contribution in [3.8, 4) is 0 Å². The zero-order chi connectivity index (χ0) is 14.1. The quantitative estimate of drug-likeness (QED) is 0.835. The molecule has 0 radical (unpaired) electrons. The van der Waals surface area contributed by atoms with E-state index in [2.05, 4.69) is 19.2 Å². The molecule has 1 aliphatic carbocycles. The summed E-state index contributed by atoms with van der Waals surface area (Å²) in [7, 11) is 0. The first kappa shape index (κ1) is 14.7. The fourth-order valence-electron chi connectivity index (χ4n) is 1.89. The van der Waals surface area contributed by atoms with Gasteiger partial charge in [0.1, 0.15) is 0 Å². The number of rotatable bonds is 3. The molecule has 0 aliphatic heterocycles. The van der Waals surface area contributed by atoms with Gasteiger partial charge in [-0.25, -0.2) is 0 Å². The van der Waals surface area contributed by atoms with Gasteiger partial charge in [-0.1, -0.05) is 19.9 Å². The zero-order valence-corrected chi connectivity index (χ0v) is 12.1. The summed E-state index contributed by atoms with van der Waals surface area (Å²) in [6.07, 6.45) is 3.43. The number of ketones is 1. The molecule has 1 rings (SSSR count). The summed E-state index contributed by atoms with van der Waals surface area (Å²) in [4.78, 5) is 24.0. The monoisotopic (exact) mass is 249 g/mol. The van der Waals surface area contributed by atoms with Gasteiger partial charge in [0.05, 0.1) is 0 Å². The van der Waals surface area contributed by atoms with Gasteiger partial charge in [0.2, 0.25) is 0 Å². The van der Waals surface area contributed by atoms with E-state index in [1.54, 1.807) is 19.1 Å². The Morgan fingerprint density at radius 2 is 1.83 bits per heavy atom. The van der Waals surface area contributed by atoms with Crippen LogP contribution in [0, 0.1) is 11.3 Å². The van der Waals surface area contributed by atoms with E-state index < -0.39 is 5.41 Å². The average Bonchev–Trinajstić information content (AvgIpc) is 2.24. The molecule has 1 N–H and O–H groups in total. The van der Waals surface area contributed by atoms with Gasteiger partial charge in [-0.3, -0.25) is 9.59 Å². The number of amides is 1. The van der Waals surface area contributed by atoms with Crippen molar-refractivity contribution in [2.45, 2.75) is 47.6 Å². The SMILES string of the molecule is CC1=CC(C(=O)N[C@@H](C)C(C)C)=CC(C)(C)C1=O. The molecule has 3 nitrogen and oxygen atoms in total. The van der Waals surface area contributed by atoms with Gasteiger partial charge in [-0.05, 0) is 45.3 Å². The maximum atomic E-state index is 12.1. The van der Waals surface area contributed by atoms with Crippen molar-refractivity contribution in [1.82, 2.24) is 5.32 Å². The van der Waals surface area contributed by atoms with E-state index in [4.69, 9.17) is 0 Å². The van der Waals surface area contributed by atoms with Gasteiger partial charge in [0, 0.05) is 17.0 Å². The van der Waals surface area contributed by atoms with Crippen LogP contribution in [-0.4, -0.2) is 17.7 Å². The molecule has 0 unspecified atom stereocenters. The number of Topliss-reactive ketones (excluding diaryl/α,β-unsaturated/α-hetero) is 1. The maximum absolute atomic E-state index is 12.1. The lowest BCUT2D eigenvalue weighted by molar-refractivity contribution is -0.121. The van der Waals surface area contributed by atoms with E-state index in [1.807, 2.05) is 20.8 Å². The van der Waals surface area contributed by atoms with Crippen molar-refractivity contribution in [3.63, 3.8) is 0 Å². The second kappa shape index (κ2) is 5.09.